The van der Waals surface area contributed by atoms with E-state index < -0.39 is 10.0 Å². The van der Waals surface area contributed by atoms with Crippen LogP contribution in [0.3, 0.4) is 0 Å². The second kappa shape index (κ2) is 11.6. The van der Waals surface area contributed by atoms with E-state index in [4.69, 9.17) is 4.98 Å². The minimum atomic E-state index is -3.60. The van der Waals surface area contributed by atoms with Crippen molar-refractivity contribution in [2.24, 2.45) is 11.8 Å². The van der Waals surface area contributed by atoms with Crippen LogP contribution in [0, 0.1) is 18.8 Å². The van der Waals surface area contributed by atoms with Crippen molar-refractivity contribution in [3.8, 4) is 0 Å². The first kappa shape index (κ1) is 27.7. The molecule has 200 valence electrons. The van der Waals surface area contributed by atoms with Gasteiger partial charge >= 0.3 is 0 Å². The van der Waals surface area contributed by atoms with Gasteiger partial charge in [0.05, 0.1) is 15.1 Å². The smallest absolute Gasteiger partial charge is 0.260 e. The van der Waals surface area contributed by atoms with E-state index in [-0.39, 0.29) is 10.8 Å². The molecule has 1 saturated heterocycles. The lowest BCUT2D eigenvalue weighted by Crippen LogP contribution is -2.42. The van der Waals surface area contributed by atoms with E-state index >= 15 is 0 Å². The second-order valence-electron chi connectivity index (χ2n) is 10.2. The normalized spacial score (nSPS) is 19.0. The van der Waals surface area contributed by atoms with Crippen molar-refractivity contribution < 1.29 is 13.2 Å². The van der Waals surface area contributed by atoms with Crippen molar-refractivity contribution >= 4 is 42.6 Å². The number of benzene rings is 2. The number of aryl methyl sites for hydroxylation is 1. The lowest BCUT2D eigenvalue weighted by molar-refractivity contribution is 0.0983. The molecular weight excluding hydrogens is 504 g/mol. The third-order valence-electron chi connectivity index (χ3n) is 7.19. The number of aromatic nitrogens is 1. The van der Waals surface area contributed by atoms with E-state index in [1.807, 2.05) is 25.1 Å². The van der Waals surface area contributed by atoms with Crippen molar-refractivity contribution in [2.75, 3.05) is 44.2 Å². The first-order chi connectivity index (χ1) is 17.6. The topological polar surface area (TPSA) is 73.8 Å². The molecule has 2 aromatic carbocycles. The summed E-state index contributed by atoms with van der Waals surface area (Å²) in [6, 6.07) is 12.5. The van der Waals surface area contributed by atoms with Crippen LogP contribution in [0.25, 0.3) is 10.2 Å². The molecule has 1 fully saturated rings. The van der Waals surface area contributed by atoms with Crippen LogP contribution in [-0.2, 0) is 10.0 Å². The number of thiazole rings is 1. The summed E-state index contributed by atoms with van der Waals surface area (Å²) in [5.41, 5.74) is 2.44. The average molecular weight is 543 g/mol. The van der Waals surface area contributed by atoms with Crippen molar-refractivity contribution in [1.82, 2.24) is 14.2 Å². The summed E-state index contributed by atoms with van der Waals surface area (Å²) >= 11 is 1.51. The highest BCUT2D eigenvalue weighted by molar-refractivity contribution is 7.89. The standard InChI is InChI=1S/C28H38N4O3S2/c1-6-30(7-2)15-16-32(28-29-26-22(5)9-8-10-25(26)36-28)27(33)23-11-13-24(14-12-23)37(34,35)31-18-20(3)17-21(4)19-31/h8-14,20-21H,6-7,15-19H2,1-5H3. The third-order valence-corrected chi connectivity index (χ3v) is 10.1. The molecule has 1 aliphatic heterocycles. The zero-order valence-corrected chi connectivity index (χ0v) is 24.1. The largest absolute Gasteiger partial charge is 0.302 e. The van der Waals surface area contributed by atoms with Crippen LogP contribution in [0.4, 0.5) is 5.13 Å². The van der Waals surface area contributed by atoms with E-state index in [1.54, 1.807) is 33.5 Å². The van der Waals surface area contributed by atoms with Gasteiger partial charge in [0.25, 0.3) is 5.91 Å². The Bertz CT molecular complexity index is 1320. The van der Waals surface area contributed by atoms with Gasteiger partial charge in [0, 0.05) is 31.7 Å². The van der Waals surface area contributed by atoms with Crippen LogP contribution < -0.4 is 4.90 Å². The number of piperidine rings is 1. The van der Waals surface area contributed by atoms with Gasteiger partial charge in [-0.25, -0.2) is 13.4 Å². The molecule has 2 unspecified atom stereocenters. The van der Waals surface area contributed by atoms with Crippen molar-refractivity contribution in [3.05, 3.63) is 53.6 Å². The number of likely N-dealkylation sites (N-methyl/N-ethyl adjacent to an activating group) is 1. The number of sulfonamides is 1. The van der Waals surface area contributed by atoms with E-state index in [0.717, 1.165) is 41.8 Å². The Morgan fingerprint density at radius 1 is 1.03 bits per heavy atom. The van der Waals surface area contributed by atoms with Crippen LogP contribution in [0.15, 0.2) is 47.4 Å². The highest BCUT2D eigenvalue weighted by Gasteiger charge is 2.32. The maximum Gasteiger partial charge on any atom is 0.260 e. The Hall–Kier alpha value is -2.33. The number of carbonyl (C=O) groups is 1. The van der Waals surface area contributed by atoms with Gasteiger partial charge in [-0.05, 0) is 74.2 Å². The first-order valence-electron chi connectivity index (χ1n) is 13.1. The van der Waals surface area contributed by atoms with Crippen molar-refractivity contribution in [1.29, 1.82) is 0 Å². The zero-order chi connectivity index (χ0) is 26.7. The SMILES string of the molecule is CCN(CC)CCN(C(=O)c1ccc(S(=O)(=O)N2CC(C)CC(C)C2)cc1)c1nc2c(C)cccc2s1. The molecule has 2 heterocycles. The molecule has 1 aromatic heterocycles. The summed E-state index contributed by atoms with van der Waals surface area (Å²) in [7, 11) is -3.60. The Morgan fingerprint density at radius 2 is 1.68 bits per heavy atom. The Balaban J connectivity index is 1.62. The fourth-order valence-electron chi connectivity index (χ4n) is 5.13. The molecule has 0 saturated carbocycles. The Labute approximate surface area is 225 Å². The van der Waals surface area contributed by atoms with Crippen LogP contribution in [-0.4, -0.2) is 67.8 Å². The van der Waals surface area contributed by atoms with Gasteiger partial charge in [0.15, 0.2) is 5.13 Å². The summed E-state index contributed by atoms with van der Waals surface area (Å²) < 4.78 is 29.2. The maximum absolute atomic E-state index is 13.8. The fraction of sp³-hybridized carbons (Fsp3) is 0.500. The molecule has 0 radical (unpaired) electrons. The summed E-state index contributed by atoms with van der Waals surface area (Å²) in [6.45, 7) is 14.5. The van der Waals surface area contributed by atoms with Gasteiger partial charge in [-0.15, -0.1) is 0 Å². The minimum absolute atomic E-state index is 0.173. The lowest BCUT2D eigenvalue weighted by Gasteiger charge is -2.34. The number of anilines is 1. The monoisotopic (exact) mass is 542 g/mol. The van der Waals surface area contributed by atoms with Crippen LogP contribution in [0.1, 0.15) is 50.0 Å². The van der Waals surface area contributed by atoms with Crippen LogP contribution in [0.5, 0.6) is 0 Å². The molecule has 1 amide bonds. The molecule has 0 bridgehead atoms. The molecule has 2 atom stereocenters. The molecule has 9 heteroatoms. The van der Waals surface area contributed by atoms with E-state index in [0.29, 0.717) is 42.2 Å². The Kier molecular flexibility index (Phi) is 8.68. The van der Waals surface area contributed by atoms with Gasteiger partial charge in [-0.3, -0.25) is 9.69 Å². The molecule has 7 nitrogen and oxygen atoms in total. The number of nitrogens with zero attached hydrogens (tertiary/aromatic N) is 4. The average Bonchev–Trinajstić information content (AvgIpc) is 3.31. The van der Waals surface area contributed by atoms with Gasteiger partial charge < -0.3 is 4.90 Å². The summed E-state index contributed by atoms with van der Waals surface area (Å²) in [5, 5.41) is 0.662. The molecule has 1 aliphatic rings. The molecular formula is C28H38N4O3S2. The predicted octanol–water partition coefficient (Wildman–Crippen LogP) is 5.26. The number of hydrogen-bond acceptors (Lipinski definition) is 6. The number of amides is 1. The van der Waals surface area contributed by atoms with Crippen molar-refractivity contribution in [3.63, 3.8) is 0 Å². The lowest BCUT2D eigenvalue weighted by atomic mass is 9.94. The van der Waals surface area contributed by atoms with Gasteiger partial charge in [0.1, 0.15) is 0 Å². The number of carbonyl (C=O) groups excluding carboxylic acids is 1. The Morgan fingerprint density at radius 3 is 2.27 bits per heavy atom. The summed E-state index contributed by atoms with van der Waals surface area (Å²) in [5.74, 6) is 0.486. The van der Waals surface area contributed by atoms with Crippen LogP contribution >= 0.6 is 11.3 Å². The third kappa shape index (κ3) is 6.06. The minimum Gasteiger partial charge on any atom is -0.302 e. The first-order valence-corrected chi connectivity index (χ1v) is 15.4. The highest BCUT2D eigenvalue weighted by atomic mass is 32.2. The number of rotatable bonds is 9. The number of para-hydroxylation sites is 1. The molecule has 37 heavy (non-hydrogen) atoms. The molecule has 3 aromatic rings. The fourth-order valence-corrected chi connectivity index (χ4v) is 7.88. The van der Waals surface area contributed by atoms with Gasteiger partial charge in [0.2, 0.25) is 10.0 Å². The molecule has 0 aliphatic carbocycles. The zero-order valence-electron chi connectivity index (χ0n) is 22.5. The van der Waals surface area contributed by atoms with Crippen LogP contribution in [0.2, 0.25) is 0 Å². The molecule has 4 rings (SSSR count). The summed E-state index contributed by atoms with van der Waals surface area (Å²) in [6.07, 6.45) is 1.04. The second-order valence-corrected chi connectivity index (χ2v) is 13.1. The molecule has 0 spiro atoms. The molecule has 0 N–H and O–H groups in total. The van der Waals surface area contributed by atoms with E-state index in [2.05, 4.69) is 32.6 Å². The van der Waals surface area contributed by atoms with E-state index in [9.17, 15) is 13.2 Å². The van der Waals surface area contributed by atoms with E-state index in [1.165, 1.54) is 11.3 Å². The van der Waals surface area contributed by atoms with Gasteiger partial charge in [-0.1, -0.05) is 51.2 Å². The predicted molar refractivity (Wildman–Crippen MR) is 152 cm³/mol. The van der Waals surface area contributed by atoms with Gasteiger partial charge in [-0.2, -0.15) is 4.31 Å². The van der Waals surface area contributed by atoms with Crippen molar-refractivity contribution in [2.45, 2.75) is 45.9 Å². The summed E-state index contributed by atoms with van der Waals surface area (Å²) in [4.78, 5) is 22.8. The maximum atomic E-state index is 13.8. The quantitative estimate of drug-likeness (QED) is 0.369. The number of hydrogen-bond donors (Lipinski definition) is 0. The number of fused-ring (bicyclic) bond motifs is 1. The highest BCUT2D eigenvalue weighted by Crippen LogP contribution is 2.32.